The molecule has 4 aliphatic carbocycles. The van der Waals surface area contributed by atoms with E-state index in [1.807, 2.05) is 6.92 Å². The van der Waals surface area contributed by atoms with E-state index < -0.39 is 130 Å². The fourth-order valence-corrected chi connectivity index (χ4v) is 15.0. The number of aliphatic hydroxyl groups is 13. The minimum Gasteiger partial charge on any atom is -0.394 e. The molecule has 9 fully saturated rings. The first kappa shape index (κ1) is 54.9. The maximum absolute atomic E-state index is 12.1. The quantitative estimate of drug-likeness (QED) is 0.0789. The van der Waals surface area contributed by atoms with Gasteiger partial charge in [0.05, 0.1) is 45.2 Å². The van der Waals surface area contributed by atoms with Gasteiger partial charge in [-0.2, -0.15) is 0 Å². The minimum atomic E-state index is -1.72. The first-order valence-electron chi connectivity index (χ1n) is 26.2. The van der Waals surface area contributed by atoms with Gasteiger partial charge in [-0.05, 0) is 104 Å². The van der Waals surface area contributed by atoms with Gasteiger partial charge in [-0.3, -0.25) is 0 Å². The van der Waals surface area contributed by atoms with E-state index in [4.69, 9.17) is 42.6 Å². The molecule has 4 saturated carbocycles. The molecule has 0 bridgehead atoms. The Labute approximate surface area is 414 Å². The van der Waals surface area contributed by atoms with Crippen molar-refractivity contribution in [2.75, 3.05) is 33.0 Å². The summed E-state index contributed by atoms with van der Waals surface area (Å²) in [7, 11) is 0. The van der Waals surface area contributed by atoms with Crippen LogP contribution in [0, 0.1) is 52.3 Å². The summed E-state index contributed by atoms with van der Waals surface area (Å²) in [5.41, 5.74) is 0.0142. The molecule has 9 aliphatic rings. The van der Waals surface area contributed by atoms with Gasteiger partial charge in [0.1, 0.15) is 85.5 Å². The van der Waals surface area contributed by atoms with Gasteiger partial charge in [0.25, 0.3) is 0 Å². The Kier molecular flexibility index (Phi) is 16.6. The highest BCUT2D eigenvalue weighted by molar-refractivity contribution is 5.15. The van der Waals surface area contributed by atoms with E-state index >= 15 is 0 Å². The van der Waals surface area contributed by atoms with Gasteiger partial charge in [-0.15, -0.1) is 0 Å². The molecule has 5 heterocycles. The van der Waals surface area contributed by atoms with Crippen LogP contribution in [0.1, 0.15) is 91.9 Å². The Morgan fingerprint density at radius 3 is 1.96 bits per heavy atom. The van der Waals surface area contributed by atoms with E-state index in [0.29, 0.717) is 49.4 Å². The van der Waals surface area contributed by atoms with Crippen molar-refractivity contribution in [1.82, 2.24) is 0 Å². The van der Waals surface area contributed by atoms with Crippen molar-refractivity contribution >= 4 is 0 Å². The summed E-state index contributed by atoms with van der Waals surface area (Å²) >= 11 is 0. The molecule has 0 aromatic rings. The highest BCUT2D eigenvalue weighted by Crippen LogP contribution is 2.71. The van der Waals surface area contributed by atoms with Crippen LogP contribution < -0.4 is 0 Å². The zero-order chi connectivity index (χ0) is 51.1. The molecule has 0 unspecified atom stereocenters. The normalized spacial score (nSPS) is 55.7. The lowest BCUT2D eigenvalue weighted by atomic mass is 9.44. The van der Waals surface area contributed by atoms with Crippen molar-refractivity contribution < 1.29 is 109 Å². The van der Waals surface area contributed by atoms with E-state index in [9.17, 15) is 66.4 Å². The summed E-state index contributed by atoms with van der Waals surface area (Å²) in [5.74, 6) is 0.421. The Morgan fingerprint density at radius 2 is 1.25 bits per heavy atom. The molecule has 0 amide bonds. The van der Waals surface area contributed by atoms with Crippen LogP contribution in [-0.2, 0) is 42.6 Å². The van der Waals surface area contributed by atoms with E-state index in [1.54, 1.807) is 0 Å². The summed E-state index contributed by atoms with van der Waals surface area (Å²) in [5, 5.41) is 137. The second-order valence-corrected chi connectivity index (χ2v) is 23.4. The molecule has 0 aromatic carbocycles. The molecule has 9 rings (SSSR count). The number of rotatable bonds is 14. The lowest BCUT2D eigenvalue weighted by Crippen LogP contribution is -2.64. The molecule has 0 spiro atoms. The monoisotopic (exact) mass is 1020 g/mol. The summed E-state index contributed by atoms with van der Waals surface area (Å²) in [6.07, 6.45) is -18.4. The smallest absolute Gasteiger partial charge is 0.186 e. The molecule has 13 N–H and O–H groups in total. The third kappa shape index (κ3) is 10.2. The number of hydrogen-bond acceptors (Lipinski definition) is 22. The second kappa shape index (κ2) is 21.5. The zero-order valence-corrected chi connectivity index (χ0v) is 41.2. The average Bonchev–Trinajstić information content (AvgIpc) is 3.78. The van der Waals surface area contributed by atoms with Crippen LogP contribution in [0.3, 0.4) is 0 Å². The molecule has 5 saturated heterocycles. The molecular formula is C49H82O22. The minimum absolute atomic E-state index is 0.0152. The van der Waals surface area contributed by atoms with Crippen molar-refractivity contribution in [1.29, 1.82) is 0 Å². The highest BCUT2D eigenvalue weighted by atomic mass is 16.8. The number of fused-ring (bicyclic) bond motifs is 7. The fourth-order valence-electron chi connectivity index (χ4n) is 15.0. The molecule has 0 radical (unpaired) electrons. The van der Waals surface area contributed by atoms with Gasteiger partial charge in [0, 0.05) is 12.3 Å². The number of ether oxygens (including phenoxy) is 9. The lowest BCUT2D eigenvalue weighted by Gasteiger charge is -2.61. The third-order valence-corrected chi connectivity index (χ3v) is 19.3. The number of hydrogen-bond donors (Lipinski definition) is 13. The summed E-state index contributed by atoms with van der Waals surface area (Å²) in [4.78, 5) is 0. The van der Waals surface area contributed by atoms with Crippen molar-refractivity contribution in [3.63, 3.8) is 0 Å². The SMILES string of the molecule is C[C@H](CC[C@]1(O)O[C@H]2C[C@H]3[C@@H]4CC[C@H]5C[C@H](O[C@H]6O[C@@H](CO[C@@H]7OC[C@@H](O)[C@H](O)[C@H]7O)[C@@H](O[C@@H]7OC[C@H](O)[C@@H](O)[C@@H]7O)[C@@H](O)[C@@H]6O)CC[C@@]5(C)[C@H]4CC[C@]3(C)[C@H]2[C@H]1C)CO[C@@H]1O[C@@H](CO)[C@@H](O)[C@@H](O)[C@H]1O. The zero-order valence-electron chi connectivity index (χ0n) is 41.2. The van der Waals surface area contributed by atoms with Crippen LogP contribution in [0.5, 0.6) is 0 Å². The molecule has 22 nitrogen and oxygen atoms in total. The molecule has 5 aliphatic heterocycles. The van der Waals surface area contributed by atoms with E-state index in [0.717, 1.165) is 38.5 Å². The van der Waals surface area contributed by atoms with Gasteiger partial charge in [-0.25, -0.2) is 0 Å². The molecule has 22 heteroatoms. The predicted molar refractivity (Wildman–Crippen MR) is 240 cm³/mol. The topological polar surface area (TPSA) is 346 Å². The molecule has 410 valence electrons. The first-order valence-corrected chi connectivity index (χ1v) is 26.2. The van der Waals surface area contributed by atoms with Crippen LogP contribution in [0.4, 0.5) is 0 Å². The Balaban J connectivity index is 0.798. The maximum atomic E-state index is 12.1. The van der Waals surface area contributed by atoms with Gasteiger partial charge in [0.2, 0.25) is 0 Å². The van der Waals surface area contributed by atoms with Crippen molar-refractivity contribution in [2.45, 2.75) is 221 Å². The van der Waals surface area contributed by atoms with Gasteiger partial charge in [0.15, 0.2) is 30.9 Å². The van der Waals surface area contributed by atoms with Crippen LogP contribution in [0.25, 0.3) is 0 Å². The summed E-state index contributed by atoms with van der Waals surface area (Å²) in [6.45, 7) is 7.39. The van der Waals surface area contributed by atoms with Crippen molar-refractivity contribution in [3.8, 4) is 0 Å². The summed E-state index contributed by atoms with van der Waals surface area (Å²) < 4.78 is 53.3. The second-order valence-electron chi connectivity index (χ2n) is 23.4. The summed E-state index contributed by atoms with van der Waals surface area (Å²) in [6, 6.07) is 0. The standard InChI is InChI=1S/C49H82O22/c1-20(16-63-44-40(60)36(56)35(55)30(15-50)68-44)7-12-49(62)21(2)32-29(71-49)14-26-24-6-5-22-13-23(8-10-47(22,3)25(24)9-11-48(26,32)4)67-46-41(61)37(57)42(70-45-39(59)34(54)28(52)18-65-45)31(69-46)19-66-43-38(58)33(53)27(51)17-64-43/h20-46,50-62H,5-19H2,1-4H3/t20-,21-,22+,23-,24-,25+,26+,27-,28+,29+,30+,31+,32+,33+,34-,35-,36-,37+,38-,39+,40-,41+,42-,43+,44-,45+,46+,47-,48+,49+/m1/s1. The van der Waals surface area contributed by atoms with Crippen molar-refractivity contribution in [3.05, 3.63) is 0 Å². The molecule has 30 atom stereocenters. The van der Waals surface area contributed by atoms with Crippen LogP contribution in [0.15, 0.2) is 0 Å². The third-order valence-electron chi connectivity index (χ3n) is 19.3. The van der Waals surface area contributed by atoms with Crippen molar-refractivity contribution in [2.24, 2.45) is 52.3 Å². The van der Waals surface area contributed by atoms with E-state index in [1.165, 1.54) is 0 Å². The number of aliphatic hydroxyl groups excluding tert-OH is 12. The van der Waals surface area contributed by atoms with E-state index in [-0.39, 0.29) is 60.6 Å². The Morgan fingerprint density at radius 1 is 0.620 bits per heavy atom. The lowest BCUT2D eigenvalue weighted by molar-refractivity contribution is -0.362. The Bertz CT molecular complexity index is 1770. The highest BCUT2D eigenvalue weighted by Gasteiger charge is 2.68. The van der Waals surface area contributed by atoms with Gasteiger partial charge in [-0.1, -0.05) is 27.7 Å². The average molecular weight is 1020 g/mol. The van der Waals surface area contributed by atoms with Crippen LogP contribution in [-0.4, -0.2) is 228 Å². The molecule has 0 aromatic heterocycles. The largest absolute Gasteiger partial charge is 0.394 e. The van der Waals surface area contributed by atoms with Crippen LogP contribution in [0.2, 0.25) is 0 Å². The fraction of sp³-hybridized carbons (Fsp3) is 1.00. The van der Waals surface area contributed by atoms with Gasteiger partial charge < -0.3 is 109 Å². The van der Waals surface area contributed by atoms with Gasteiger partial charge >= 0.3 is 0 Å². The first-order chi connectivity index (χ1) is 33.6. The van der Waals surface area contributed by atoms with E-state index in [2.05, 4.69) is 20.8 Å². The Hall–Kier alpha value is -0.880. The molecule has 71 heavy (non-hydrogen) atoms. The predicted octanol–water partition coefficient (Wildman–Crippen LogP) is -2.68. The van der Waals surface area contributed by atoms with Crippen LogP contribution >= 0.6 is 0 Å². The molecular weight excluding hydrogens is 941 g/mol. The maximum Gasteiger partial charge on any atom is 0.186 e.